The van der Waals surface area contributed by atoms with Gasteiger partial charge in [-0.1, -0.05) is 29.8 Å². The van der Waals surface area contributed by atoms with Gasteiger partial charge in [-0.2, -0.15) is 0 Å². The highest BCUT2D eigenvalue weighted by Crippen LogP contribution is 2.35. The van der Waals surface area contributed by atoms with Crippen LogP contribution in [0, 0.1) is 5.92 Å². The molecule has 1 atom stereocenters. The number of amides is 2. The lowest BCUT2D eigenvalue weighted by Crippen LogP contribution is -2.43. The molecule has 0 aliphatic carbocycles. The molecular weight excluding hydrogens is 408 g/mol. The Hall–Kier alpha value is -3.32. The van der Waals surface area contributed by atoms with Crippen molar-refractivity contribution < 1.29 is 23.9 Å². The summed E-state index contributed by atoms with van der Waals surface area (Å²) in [6.07, 6.45) is -0.189. The van der Waals surface area contributed by atoms with E-state index in [-0.39, 0.29) is 17.9 Å². The number of halogens is 1. The van der Waals surface area contributed by atoms with Gasteiger partial charge in [-0.05, 0) is 37.3 Å². The molecule has 1 aliphatic rings. The van der Waals surface area contributed by atoms with Gasteiger partial charge >= 0.3 is 5.97 Å². The second-order valence-electron chi connectivity index (χ2n) is 6.65. The van der Waals surface area contributed by atoms with Crippen LogP contribution in [-0.2, 0) is 19.1 Å². The lowest BCUT2D eigenvalue weighted by Gasteiger charge is -2.33. The molecule has 1 N–H and O–H groups in total. The van der Waals surface area contributed by atoms with Crippen molar-refractivity contribution in [1.29, 1.82) is 0 Å². The van der Waals surface area contributed by atoms with Crippen LogP contribution in [0.15, 0.2) is 59.8 Å². The van der Waals surface area contributed by atoms with Crippen molar-refractivity contribution in [3.8, 4) is 5.75 Å². The van der Waals surface area contributed by atoms with Crippen LogP contribution in [0.2, 0.25) is 5.02 Å². The Morgan fingerprint density at radius 1 is 1.13 bits per heavy atom. The fourth-order valence-electron chi connectivity index (χ4n) is 3.46. The monoisotopic (exact) mass is 428 g/mol. The molecule has 2 aromatic carbocycles. The number of para-hydroxylation sites is 1. The van der Waals surface area contributed by atoms with Crippen molar-refractivity contribution in [3.63, 3.8) is 0 Å². The lowest BCUT2D eigenvalue weighted by molar-refractivity contribution is -0.138. The van der Waals surface area contributed by atoms with Gasteiger partial charge < -0.3 is 14.8 Å². The first-order valence-electron chi connectivity index (χ1n) is 9.18. The van der Waals surface area contributed by atoms with Crippen molar-refractivity contribution in [1.82, 2.24) is 0 Å². The van der Waals surface area contributed by atoms with Gasteiger partial charge in [-0.3, -0.25) is 14.5 Å². The van der Waals surface area contributed by atoms with E-state index in [1.54, 1.807) is 43.3 Å². The molecule has 0 aromatic heterocycles. The van der Waals surface area contributed by atoms with Crippen molar-refractivity contribution >= 4 is 40.8 Å². The summed E-state index contributed by atoms with van der Waals surface area (Å²) in [5, 5.41) is 3.12. The fourth-order valence-corrected chi connectivity index (χ4v) is 3.64. The largest absolute Gasteiger partial charge is 0.495 e. The average Bonchev–Trinajstić information content (AvgIpc) is 2.73. The minimum Gasteiger partial charge on any atom is -0.495 e. The van der Waals surface area contributed by atoms with E-state index >= 15 is 0 Å². The van der Waals surface area contributed by atoms with E-state index in [4.69, 9.17) is 21.1 Å². The maximum atomic E-state index is 13.1. The van der Waals surface area contributed by atoms with Gasteiger partial charge in [0.15, 0.2) is 0 Å². The van der Waals surface area contributed by atoms with Crippen LogP contribution >= 0.6 is 11.6 Å². The summed E-state index contributed by atoms with van der Waals surface area (Å²) in [4.78, 5) is 40.0. The number of nitrogens with zero attached hydrogens (tertiary/aromatic N) is 1. The van der Waals surface area contributed by atoms with Crippen LogP contribution < -0.4 is 15.0 Å². The molecule has 7 nitrogen and oxygen atoms in total. The first kappa shape index (κ1) is 21.4. The summed E-state index contributed by atoms with van der Waals surface area (Å²) in [7, 11) is 2.70. The van der Waals surface area contributed by atoms with E-state index < -0.39 is 17.8 Å². The van der Waals surface area contributed by atoms with Crippen molar-refractivity contribution in [3.05, 3.63) is 64.8 Å². The van der Waals surface area contributed by atoms with E-state index in [9.17, 15) is 14.4 Å². The molecule has 1 heterocycles. The maximum Gasteiger partial charge on any atom is 0.336 e. The summed E-state index contributed by atoms with van der Waals surface area (Å²) in [5.74, 6) is -2.12. The zero-order valence-corrected chi connectivity index (χ0v) is 17.5. The number of carbonyl (C=O) groups is 3. The number of rotatable bonds is 5. The Balaban J connectivity index is 2.01. The topological polar surface area (TPSA) is 84.9 Å². The summed E-state index contributed by atoms with van der Waals surface area (Å²) in [6, 6.07) is 13.7. The molecule has 30 heavy (non-hydrogen) atoms. The Morgan fingerprint density at radius 2 is 1.83 bits per heavy atom. The van der Waals surface area contributed by atoms with E-state index in [1.807, 2.05) is 6.07 Å². The van der Waals surface area contributed by atoms with Gasteiger partial charge in [0.05, 0.1) is 31.4 Å². The van der Waals surface area contributed by atoms with Crippen molar-refractivity contribution in [2.45, 2.75) is 13.3 Å². The third kappa shape index (κ3) is 4.16. The molecule has 2 aromatic rings. The minimum absolute atomic E-state index is 0.124. The molecule has 3 rings (SSSR count). The van der Waals surface area contributed by atoms with Gasteiger partial charge in [-0.25, -0.2) is 4.79 Å². The highest BCUT2D eigenvalue weighted by atomic mass is 35.5. The minimum atomic E-state index is -1.02. The van der Waals surface area contributed by atoms with Gasteiger partial charge in [0.1, 0.15) is 5.75 Å². The predicted molar refractivity (Wildman–Crippen MR) is 113 cm³/mol. The van der Waals surface area contributed by atoms with Gasteiger partial charge in [0, 0.05) is 22.8 Å². The Bertz CT molecular complexity index is 1020. The maximum absolute atomic E-state index is 13.1. The second kappa shape index (κ2) is 9.00. The first-order valence-corrected chi connectivity index (χ1v) is 9.56. The molecule has 0 saturated carbocycles. The number of carbonyl (C=O) groups excluding carboxylic acids is 3. The molecule has 0 spiro atoms. The SMILES string of the molecule is COC(=O)C1=C(C)N(c2ccccc2)C(=O)C[C@@H]1C(=O)Nc1cc(Cl)ccc1OC. The fraction of sp³-hybridized carbons (Fsp3) is 0.227. The lowest BCUT2D eigenvalue weighted by atomic mass is 9.88. The zero-order chi connectivity index (χ0) is 21.8. The molecule has 2 amide bonds. The van der Waals surface area contributed by atoms with E-state index in [1.165, 1.54) is 25.2 Å². The summed E-state index contributed by atoms with van der Waals surface area (Å²) in [5.41, 5.74) is 1.42. The van der Waals surface area contributed by atoms with Crippen molar-refractivity contribution in [2.24, 2.45) is 5.92 Å². The van der Waals surface area contributed by atoms with Gasteiger partial charge in [-0.15, -0.1) is 0 Å². The number of esters is 1. The Kier molecular flexibility index (Phi) is 6.42. The Labute approximate surface area is 179 Å². The number of methoxy groups -OCH3 is 2. The number of ether oxygens (including phenoxy) is 2. The highest BCUT2D eigenvalue weighted by molar-refractivity contribution is 6.31. The molecule has 0 fully saturated rings. The molecule has 0 radical (unpaired) electrons. The molecule has 0 bridgehead atoms. The van der Waals surface area contributed by atoms with Crippen LogP contribution in [0.25, 0.3) is 0 Å². The quantitative estimate of drug-likeness (QED) is 0.732. The van der Waals surface area contributed by atoms with Gasteiger partial charge in [0.2, 0.25) is 11.8 Å². The number of nitrogens with one attached hydrogen (secondary N) is 1. The molecule has 8 heteroatoms. The normalized spacial score (nSPS) is 16.3. The van der Waals surface area contributed by atoms with Crippen LogP contribution in [0.3, 0.4) is 0 Å². The first-order chi connectivity index (χ1) is 14.4. The molecule has 1 aliphatic heterocycles. The number of hydrogen-bond donors (Lipinski definition) is 1. The molecule has 0 unspecified atom stereocenters. The number of benzene rings is 2. The standard InChI is InChI=1S/C22H21ClN2O5/c1-13-20(22(28)30-3)16(12-19(26)25(13)15-7-5-4-6-8-15)21(27)24-17-11-14(23)9-10-18(17)29-2/h4-11,16H,12H2,1-3H3,(H,24,27)/t16-/m0/s1. The average molecular weight is 429 g/mol. The van der Waals surface area contributed by atoms with E-state index in [2.05, 4.69) is 5.32 Å². The van der Waals surface area contributed by atoms with Gasteiger partial charge in [0.25, 0.3) is 0 Å². The summed E-state index contributed by atoms with van der Waals surface area (Å²) < 4.78 is 10.2. The van der Waals surface area contributed by atoms with E-state index in [0.29, 0.717) is 27.8 Å². The highest BCUT2D eigenvalue weighted by Gasteiger charge is 2.40. The van der Waals surface area contributed by atoms with Crippen molar-refractivity contribution in [2.75, 3.05) is 24.4 Å². The zero-order valence-electron chi connectivity index (χ0n) is 16.8. The predicted octanol–water partition coefficient (Wildman–Crippen LogP) is 3.79. The van der Waals surface area contributed by atoms with Crippen LogP contribution in [0.1, 0.15) is 13.3 Å². The van der Waals surface area contributed by atoms with Crippen LogP contribution in [0.5, 0.6) is 5.75 Å². The third-order valence-corrected chi connectivity index (χ3v) is 5.09. The summed E-state index contributed by atoms with van der Waals surface area (Å²) >= 11 is 6.03. The molecule has 156 valence electrons. The van der Waals surface area contributed by atoms with Crippen LogP contribution in [0.4, 0.5) is 11.4 Å². The number of allylic oxidation sites excluding steroid dienone is 1. The third-order valence-electron chi connectivity index (χ3n) is 4.86. The molecular formula is C22H21ClN2O5. The number of hydrogen-bond acceptors (Lipinski definition) is 5. The van der Waals surface area contributed by atoms with Crippen LogP contribution in [-0.4, -0.2) is 32.0 Å². The second-order valence-corrected chi connectivity index (χ2v) is 7.08. The smallest absolute Gasteiger partial charge is 0.336 e. The Morgan fingerprint density at radius 3 is 2.47 bits per heavy atom. The number of anilines is 2. The van der Waals surface area contributed by atoms with E-state index in [0.717, 1.165) is 0 Å². The summed E-state index contributed by atoms with van der Waals surface area (Å²) in [6.45, 7) is 1.62. The molecule has 0 saturated heterocycles.